The van der Waals surface area contributed by atoms with E-state index in [1.165, 1.54) is 4.90 Å². The van der Waals surface area contributed by atoms with Crippen molar-refractivity contribution in [3.8, 4) is 5.75 Å². The molecule has 1 aliphatic rings. The number of ketones is 1. The van der Waals surface area contributed by atoms with Gasteiger partial charge in [0, 0.05) is 36.1 Å². The number of likely N-dealkylation sites (tertiary alicyclic amines) is 1. The van der Waals surface area contributed by atoms with Crippen molar-refractivity contribution in [3.63, 3.8) is 0 Å². The molecule has 33 heavy (non-hydrogen) atoms. The molecule has 1 N–H and O–H groups in total. The number of ether oxygens (including phenoxy) is 1. The molecule has 0 aliphatic carbocycles. The predicted molar refractivity (Wildman–Crippen MR) is 125 cm³/mol. The second-order valence-corrected chi connectivity index (χ2v) is 8.09. The van der Waals surface area contributed by atoms with Crippen LogP contribution in [0.5, 0.6) is 5.75 Å². The number of hydrogen-bond acceptors (Lipinski definition) is 5. The summed E-state index contributed by atoms with van der Waals surface area (Å²) in [5.74, 6) is -0.865. The molecule has 8 heteroatoms. The number of benzene rings is 2. The number of aliphatic hydroxyl groups is 1. The lowest BCUT2D eigenvalue weighted by Gasteiger charge is -2.25. The maximum atomic E-state index is 13.1. The molecule has 1 amide bonds. The number of hydrogen-bond donors (Lipinski definition) is 1. The van der Waals surface area contributed by atoms with E-state index in [1.807, 2.05) is 29.8 Å². The Bertz CT molecular complexity index is 1160. The summed E-state index contributed by atoms with van der Waals surface area (Å²) in [5.41, 5.74) is 1.21. The van der Waals surface area contributed by atoms with Crippen LogP contribution in [0.4, 0.5) is 0 Å². The zero-order chi connectivity index (χ0) is 23.4. The fraction of sp³-hybridized carbons (Fsp3) is 0.240. The van der Waals surface area contributed by atoms with Gasteiger partial charge in [-0.2, -0.15) is 0 Å². The van der Waals surface area contributed by atoms with Crippen LogP contribution in [0.25, 0.3) is 5.76 Å². The van der Waals surface area contributed by atoms with Crippen molar-refractivity contribution in [2.24, 2.45) is 0 Å². The summed E-state index contributed by atoms with van der Waals surface area (Å²) >= 11 is 5.97. The number of rotatable bonds is 8. The zero-order valence-corrected chi connectivity index (χ0v) is 18.9. The molecule has 1 atom stereocenters. The molecule has 0 unspecified atom stereocenters. The van der Waals surface area contributed by atoms with Crippen LogP contribution in [-0.2, 0) is 16.1 Å². The molecule has 1 aliphatic heterocycles. The molecule has 7 nitrogen and oxygen atoms in total. The topological polar surface area (TPSA) is 84.7 Å². The van der Waals surface area contributed by atoms with Crippen molar-refractivity contribution in [3.05, 3.63) is 89.0 Å². The number of imidazole rings is 1. The monoisotopic (exact) mass is 465 g/mol. The highest BCUT2D eigenvalue weighted by Crippen LogP contribution is 2.40. The van der Waals surface area contributed by atoms with Gasteiger partial charge < -0.3 is 19.3 Å². The van der Waals surface area contributed by atoms with E-state index in [9.17, 15) is 14.7 Å². The molecule has 0 spiro atoms. The summed E-state index contributed by atoms with van der Waals surface area (Å²) in [7, 11) is 0. The number of nitrogens with zero attached hydrogens (tertiary/aromatic N) is 3. The Balaban J connectivity index is 1.71. The van der Waals surface area contributed by atoms with Crippen LogP contribution >= 0.6 is 11.6 Å². The molecule has 1 saturated heterocycles. The number of aryl methyl sites for hydroxylation is 1. The lowest BCUT2D eigenvalue weighted by Crippen LogP contribution is -2.31. The molecule has 1 aromatic heterocycles. The summed E-state index contributed by atoms with van der Waals surface area (Å²) in [4.78, 5) is 31.6. The van der Waals surface area contributed by atoms with Crippen molar-refractivity contribution in [2.75, 3.05) is 13.2 Å². The normalized spacial score (nSPS) is 17.5. The van der Waals surface area contributed by atoms with Crippen LogP contribution in [0.3, 0.4) is 0 Å². The van der Waals surface area contributed by atoms with Crippen molar-refractivity contribution < 1.29 is 19.4 Å². The molecule has 0 radical (unpaired) electrons. The van der Waals surface area contributed by atoms with Crippen molar-refractivity contribution in [1.82, 2.24) is 14.5 Å². The highest BCUT2D eigenvalue weighted by Gasteiger charge is 2.45. The number of Topliss-reactive ketones (excluding diaryl/α,β-unsaturated/α-hetero) is 1. The summed E-state index contributed by atoms with van der Waals surface area (Å²) in [5, 5.41) is 11.6. The summed E-state index contributed by atoms with van der Waals surface area (Å²) in [6.45, 7) is 3.42. The van der Waals surface area contributed by atoms with Gasteiger partial charge in [0.25, 0.3) is 11.7 Å². The van der Waals surface area contributed by atoms with Crippen LogP contribution in [-0.4, -0.2) is 44.4 Å². The van der Waals surface area contributed by atoms with Crippen molar-refractivity contribution >= 4 is 29.1 Å². The van der Waals surface area contributed by atoms with E-state index >= 15 is 0 Å². The van der Waals surface area contributed by atoms with E-state index < -0.39 is 17.7 Å². The van der Waals surface area contributed by atoms with E-state index in [0.717, 1.165) is 5.56 Å². The summed E-state index contributed by atoms with van der Waals surface area (Å²) < 4.78 is 7.44. The smallest absolute Gasteiger partial charge is 0.295 e. The maximum absolute atomic E-state index is 13.1. The summed E-state index contributed by atoms with van der Waals surface area (Å²) in [6, 6.07) is 13.0. The predicted octanol–water partition coefficient (Wildman–Crippen LogP) is 4.45. The molecule has 0 saturated carbocycles. The molecular formula is C25H24ClN3O4. The quantitative estimate of drug-likeness (QED) is 0.302. The third kappa shape index (κ3) is 4.78. The molecule has 1 fully saturated rings. The zero-order valence-electron chi connectivity index (χ0n) is 18.1. The SMILES string of the molecule is CCOc1ccc([C@H]2/C(=C(\O)c3ccc(Cl)cc3)C(=O)C(=O)N2CCCn2ccnc2)cc1. The number of halogens is 1. The Morgan fingerprint density at radius 2 is 1.82 bits per heavy atom. The molecule has 2 heterocycles. The first-order valence-electron chi connectivity index (χ1n) is 10.7. The van der Waals surface area contributed by atoms with E-state index in [4.69, 9.17) is 16.3 Å². The van der Waals surface area contributed by atoms with E-state index in [1.54, 1.807) is 48.9 Å². The average Bonchev–Trinajstić information content (AvgIpc) is 3.42. The first-order valence-corrected chi connectivity index (χ1v) is 11.1. The largest absolute Gasteiger partial charge is 0.507 e. The standard InChI is InChI=1S/C25H24ClN3O4/c1-2-33-20-10-6-17(7-11-20)22-21(23(30)18-4-8-19(26)9-5-18)24(31)25(32)29(22)14-3-13-28-15-12-27-16-28/h4-12,15-16,22,30H,2-3,13-14H2,1H3/b23-21+/t22-/m0/s1. The first kappa shape index (κ1) is 22.6. The Labute approximate surface area is 196 Å². The second-order valence-electron chi connectivity index (χ2n) is 7.66. The van der Waals surface area contributed by atoms with Crippen LogP contribution in [0.2, 0.25) is 5.02 Å². The van der Waals surface area contributed by atoms with Crippen LogP contribution in [0.15, 0.2) is 72.8 Å². The van der Waals surface area contributed by atoms with Gasteiger partial charge >= 0.3 is 0 Å². The minimum Gasteiger partial charge on any atom is -0.507 e. The lowest BCUT2D eigenvalue weighted by atomic mass is 9.95. The van der Waals surface area contributed by atoms with Gasteiger partial charge in [-0.15, -0.1) is 0 Å². The van der Waals surface area contributed by atoms with Crippen molar-refractivity contribution in [2.45, 2.75) is 25.9 Å². The fourth-order valence-corrected chi connectivity index (χ4v) is 4.10. The number of aromatic nitrogens is 2. The van der Waals surface area contributed by atoms with Gasteiger partial charge in [0.2, 0.25) is 0 Å². The third-order valence-electron chi connectivity index (χ3n) is 5.54. The number of aliphatic hydroxyl groups excluding tert-OH is 1. The molecule has 170 valence electrons. The fourth-order valence-electron chi connectivity index (χ4n) is 3.98. The van der Waals surface area contributed by atoms with Gasteiger partial charge in [0.15, 0.2) is 0 Å². The second kappa shape index (κ2) is 9.92. The van der Waals surface area contributed by atoms with Gasteiger partial charge in [0.05, 0.1) is 24.5 Å². The Kier molecular flexibility index (Phi) is 6.79. The number of amides is 1. The minimum atomic E-state index is -0.709. The van der Waals surface area contributed by atoms with Gasteiger partial charge in [-0.3, -0.25) is 9.59 Å². The highest BCUT2D eigenvalue weighted by atomic mass is 35.5. The molecule has 0 bridgehead atoms. The molecular weight excluding hydrogens is 442 g/mol. The van der Waals surface area contributed by atoms with E-state index in [0.29, 0.717) is 42.5 Å². The molecule has 4 rings (SSSR count). The first-order chi connectivity index (χ1) is 16.0. The highest BCUT2D eigenvalue weighted by molar-refractivity contribution is 6.46. The Hall–Kier alpha value is -3.58. The number of carbonyl (C=O) groups excluding carboxylic acids is 2. The van der Waals surface area contributed by atoms with Crippen LogP contribution < -0.4 is 4.74 Å². The van der Waals surface area contributed by atoms with Gasteiger partial charge in [-0.05, 0) is 55.3 Å². The minimum absolute atomic E-state index is 0.0640. The summed E-state index contributed by atoms with van der Waals surface area (Å²) in [6.07, 6.45) is 5.87. The Morgan fingerprint density at radius 1 is 1.09 bits per heavy atom. The number of carbonyl (C=O) groups is 2. The van der Waals surface area contributed by atoms with Crippen molar-refractivity contribution in [1.29, 1.82) is 0 Å². The van der Waals surface area contributed by atoms with Gasteiger partial charge in [-0.1, -0.05) is 23.7 Å². The van der Waals surface area contributed by atoms with E-state index in [-0.39, 0.29) is 11.3 Å². The maximum Gasteiger partial charge on any atom is 0.295 e. The van der Waals surface area contributed by atoms with Gasteiger partial charge in [0.1, 0.15) is 11.5 Å². The molecule has 2 aromatic carbocycles. The van der Waals surface area contributed by atoms with Gasteiger partial charge in [-0.25, -0.2) is 4.98 Å². The van der Waals surface area contributed by atoms with E-state index in [2.05, 4.69) is 4.98 Å². The van der Waals surface area contributed by atoms with Crippen LogP contribution in [0.1, 0.15) is 30.5 Å². The van der Waals surface area contributed by atoms with Crippen LogP contribution in [0, 0.1) is 0 Å². The lowest BCUT2D eigenvalue weighted by molar-refractivity contribution is -0.139. The third-order valence-corrected chi connectivity index (χ3v) is 5.79. The average molecular weight is 466 g/mol. The molecule has 3 aromatic rings. The Morgan fingerprint density at radius 3 is 2.45 bits per heavy atom.